The minimum Gasteiger partial charge on any atom is -0.383 e. The van der Waals surface area contributed by atoms with Crippen molar-refractivity contribution >= 4 is 32.5 Å². The van der Waals surface area contributed by atoms with E-state index in [2.05, 4.69) is 9.97 Å². The van der Waals surface area contributed by atoms with Crippen LogP contribution in [0.3, 0.4) is 0 Å². The molecule has 1 heterocycles. The predicted octanol–water partition coefficient (Wildman–Crippen LogP) is 2.40. The molecule has 0 atom stereocenters. The molecule has 4 N–H and O–H groups in total. The third kappa shape index (κ3) is 3.16. The van der Waals surface area contributed by atoms with Crippen LogP contribution in [0.5, 0.6) is 0 Å². The second-order valence-electron chi connectivity index (χ2n) is 5.54. The summed E-state index contributed by atoms with van der Waals surface area (Å²) in [6.07, 6.45) is 0. The smallest absolute Gasteiger partial charge is 0.222 e. The molecule has 2 aromatic carbocycles. The Hall–Kier alpha value is -2.67. The molecule has 124 valence electrons. The van der Waals surface area contributed by atoms with Gasteiger partial charge in [-0.3, -0.25) is 0 Å². The van der Waals surface area contributed by atoms with Gasteiger partial charge in [-0.1, -0.05) is 43.3 Å². The largest absolute Gasteiger partial charge is 0.383 e. The summed E-state index contributed by atoms with van der Waals surface area (Å²) in [6.45, 7) is 1.65. The fourth-order valence-corrected chi connectivity index (χ4v) is 3.51. The third-order valence-electron chi connectivity index (χ3n) is 3.86. The first-order chi connectivity index (χ1) is 11.4. The van der Waals surface area contributed by atoms with Crippen molar-refractivity contribution in [3.8, 4) is 11.1 Å². The molecule has 0 unspecified atom stereocenters. The third-order valence-corrected chi connectivity index (χ3v) is 5.51. The van der Waals surface area contributed by atoms with Gasteiger partial charge in [0.25, 0.3) is 0 Å². The van der Waals surface area contributed by atoms with Crippen molar-refractivity contribution in [1.82, 2.24) is 9.97 Å². The molecule has 24 heavy (non-hydrogen) atoms. The standard InChI is InChI=1S/C17H18N4O2S/c1-2-24(22,23)10-11-6-8-12(9-7-11)13-4-3-5-14-15(13)16(18)21-17(19)20-14/h3-9H,2,10H2,1H3,(H4,18,19,20,21). The molecule has 3 aromatic rings. The Morgan fingerprint density at radius 1 is 1.00 bits per heavy atom. The van der Waals surface area contributed by atoms with Crippen molar-refractivity contribution in [1.29, 1.82) is 0 Å². The number of nitrogens with zero attached hydrogens (tertiary/aromatic N) is 2. The SMILES string of the molecule is CCS(=O)(=O)Cc1ccc(-c2cccc3nc(N)nc(N)c23)cc1. The van der Waals surface area contributed by atoms with E-state index in [-0.39, 0.29) is 17.5 Å². The number of hydrogen-bond donors (Lipinski definition) is 2. The molecule has 0 aliphatic carbocycles. The molecule has 7 heteroatoms. The molecule has 0 saturated heterocycles. The van der Waals surface area contributed by atoms with Crippen LogP contribution in [0.4, 0.5) is 11.8 Å². The minimum absolute atomic E-state index is 0.0428. The highest BCUT2D eigenvalue weighted by Gasteiger charge is 2.12. The van der Waals surface area contributed by atoms with Crippen molar-refractivity contribution in [2.45, 2.75) is 12.7 Å². The van der Waals surface area contributed by atoms with E-state index < -0.39 is 9.84 Å². The highest BCUT2D eigenvalue weighted by Crippen LogP contribution is 2.31. The van der Waals surface area contributed by atoms with Crippen LogP contribution in [-0.2, 0) is 15.6 Å². The Balaban J connectivity index is 2.05. The van der Waals surface area contributed by atoms with E-state index in [1.54, 1.807) is 6.92 Å². The molecular formula is C17H18N4O2S. The van der Waals surface area contributed by atoms with Crippen LogP contribution in [0.15, 0.2) is 42.5 Å². The monoisotopic (exact) mass is 342 g/mol. The lowest BCUT2D eigenvalue weighted by Gasteiger charge is -2.10. The van der Waals surface area contributed by atoms with Crippen molar-refractivity contribution < 1.29 is 8.42 Å². The highest BCUT2D eigenvalue weighted by atomic mass is 32.2. The maximum atomic E-state index is 11.7. The second-order valence-corrected chi connectivity index (χ2v) is 7.89. The molecule has 0 radical (unpaired) electrons. The van der Waals surface area contributed by atoms with Crippen LogP contribution < -0.4 is 11.5 Å². The van der Waals surface area contributed by atoms with E-state index >= 15 is 0 Å². The average molecular weight is 342 g/mol. The first-order valence-electron chi connectivity index (χ1n) is 7.51. The Morgan fingerprint density at radius 3 is 2.38 bits per heavy atom. The van der Waals surface area contributed by atoms with E-state index in [0.717, 1.165) is 22.1 Å². The number of nitrogen functional groups attached to an aromatic ring is 2. The Bertz CT molecular complexity index is 999. The van der Waals surface area contributed by atoms with Gasteiger partial charge >= 0.3 is 0 Å². The first kappa shape index (κ1) is 16.2. The van der Waals surface area contributed by atoms with E-state index in [9.17, 15) is 8.42 Å². The van der Waals surface area contributed by atoms with Crippen LogP contribution in [-0.4, -0.2) is 24.1 Å². The number of anilines is 2. The summed E-state index contributed by atoms with van der Waals surface area (Å²) in [6, 6.07) is 13.0. The highest BCUT2D eigenvalue weighted by molar-refractivity contribution is 7.90. The fraction of sp³-hybridized carbons (Fsp3) is 0.176. The number of benzene rings is 2. The van der Waals surface area contributed by atoms with Crippen molar-refractivity contribution in [2.24, 2.45) is 0 Å². The van der Waals surface area contributed by atoms with Gasteiger partial charge in [0.1, 0.15) is 5.82 Å². The van der Waals surface area contributed by atoms with Gasteiger partial charge in [0.05, 0.1) is 16.7 Å². The molecule has 1 aromatic heterocycles. The normalized spacial score (nSPS) is 11.7. The number of rotatable bonds is 4. The first-order valence-corrected chi connectivity index (χ1v) is 9.33. The predicted molar refractivity (Wildman–Crippen MR) is 97.0 cm³/mol. The summed E-state index contributed by atoms with van der Waals surface area (Å²) in [7, 11) is -3.05. The number of hydrogen-bond acceptors (Lipinski definition) is 6. The van der Waals surface area contributed by atoms with Gasteiger partial charge in [-0.2, -0.15) is 4.98 Å². The van der Waals surface area contributed by atoms with E-state index in [4.69, 9.17) is 11.5 Å². The average Bonchev–Trinajstić information content (AvgIpc) is 2.54. The fourth-order valence-electron chi connectivity index (χ4n) is 2.61. The lowest BCUT2D eigenvalue weighted by molar-refractivity contribution is 0.596. The van der Waals surface area contributed by atoms with Gasteiger partial charge in [0, 0.05) is 5.75 Å². The molecule has 6 nitrogen and oxygen atoms in total. The Morgan fingerprint density at radius 2 is 1.71 bits per heavy atom. The van der Waals surface area contributed by atoms with Crippen LogP contribution in [0.2, 0.25) is 0 Å². The van der Waals surface area contributed by atoms with Crippen molar-refractivity contribution in [3.63, 3.8) is 0 Å². The van der Waals surface area contributed by atoms with E-state index in [1.165, 1.54) is 0 Å². The van der Waals surface area contributed by atoms with Gasteiger partial charge in [-0.15, -0.1) is 0 Å². The zero-order valence-corrected chi connectivity index (χ0v) is 14.0. The summed E-state index contributed by atoms with van der Waals surface area (Å²) in [5, 5.41) is 0.737. The summed E-state index contributed by atoms with van der Waals surface area (Å²) in [4.78, 5) is 8.24. The van der Waals surface area contributed by atoms with E-state index in [1.807, 2.05) is 42.5 Å². The molecule has 0 bridgehead atoms. The van der Waals surface area contributed by atoms with Crippen LogP contribution in [0, 0.1) is 0 Å². The van der Waals surface area contributed by atoms with Crippen LogP contribution >= 0.6 is 0 Å². The Labute approximate surface area is 140 Å². The molecule has 0 fully saturated rings. The number of fused-ring (bicyclic) bond motifs is 1. The Kier molecular flexibility index (Phi) is 4.11. The van der Waals surface area contributed by atoms with Gasteiger partial charge in [-0.25, -0.2) is 13.4 Å². The van der Waals surface area contributed by atoms with Crippen molar-refractivity contribution in [3.05, 3.63) is 48.0 Å². The topological polar surface area (TPSA) is 112 Å². The van der Waals surface area contributed by atoms with E-state index in [0.29, 0.717) is 11.3 Å². The summed E-state index contributed by atoms with van der Waals surface area (Å²) in [5.74, 6) is 0.636. The lowest BCUT2D eigenvalue weighted by Crippen LogP contribution is -2.06. The quantitative estimate of drug-likeness (QED) is 0.753. The van der Waals surface area contributed by atoms with Gasteiger partial charge in [0.2, 0.25) is 5.95 Å². The summed E-state index contributed by atoms with van der Waals surface area (Å²) < 4.78 is 23.5. The zero-order valence-electron chi connectivity index (χ0n) is 13.2. The molecule has 0 spiro atoms. The van der Waals surface area contributed by atoms with Gasteiger partial charge in [0.15, 0.2) is 9.84 Å². The molecule has 0 amide bonds. The molecule has 3 rings (SSSR count). The molecule has 0 saturated carbocycles. The lowest BCUT2D eigenvalue weighted by atomic mass is 10.00. The number of nitrogens with two attached hydrogens (primary N) is 2. The van der Waals surface area contributed by atoms with Crippen LogP contribution in [0.1, 0.15) is 12.5 Å². The second kappa shape index (κ2) is 6.09. The summed E-state index contributed by atoms with van der Waals surface area (Å²) >= 11 is 0. The zero-order chi connectivity index (χ0) is 17.3. The maximum absolute atomic E-state index is 11.7. The van der Waals surface area contributed by atoms with Gasteiger partial charge in [-0.05, 0) is 22.8 Å². The molecular weight excluding hydrogens is 324 g/mol. The molecule has 0 aliphatic rings. The minimum atomic E-state index is -3.05. The maximum Gasteiger partial charge on any atom is 0.222 e. The van der Waals surface area contributed by atoms with Crippen molar-refractivity contribution in [2.75, 3.05) is 17.2 Å². The number of sulfone groups is 1. The molecule has 0 aliphatic heterocycles. The summed E-state index contributed by atoms with van der Waals surface area (Å²) in [5.41, 5.74) is 14.9. The van der Waals surface area contributed by atoms with Gasteiger partial charge < -0.3 is 11.5 Å². The van der Waals surface area contributed by atoms with Crippen LogP contribution in [0.25, 0.3) is 22.0 Å². The number of aromatic nitrogens is 2.